The molecular weight excluding hydrogens is 246 g/mol. The first-order valence-electron chi connectivity index (χ1n) is 7.79. The average Bonchev–Trinajstić information content (AvgIpc) is 2.46. The van der Waals surface area contributed by atoms with Crippen molar-refractivity contribution >= 4 is 5.78 Å². The van der Waals surface area contributed by atoms with Crippen LogP contribution in [-0.2, 0) is 0 Å². The quantitative estimate of drug-likeness (QED) is 0.763. The fourth-order valence-corrected chi connectivity index (χ4v) is 5.29. The van der Waals surface area contributed by atoms with Gasteiger partial charge in [-0.2, -0.15) is 5.26 Å². The summed E-state index contributed by atoms with van der Waals surface area (Å²) in [5, 5.41) is 8.99. The minimum Gasteiger partial charge on any atom is -0.294 e. The van der Waals surface area contributed by atoms with E-state index in [1.807, 2.05) is 12.1 Å². The molecule has 0 spiro atoms. The monoisotopic (exact) mass is 265 g/mol. The van der Waals surface area contributed by atoms with Gasteiger partial charge in [0.1, 0.15) is 0 Å². The maximum absolute atomic E-state index is 12.9. The first-order chi connectivity index (χ1) is 9.74. The summed E-state index contributed by atoms with van der Waals surface area (Å²) in [6.45, 7) is 0. The molecule has 0 saturated heterocycles. The molecule has 0 unspecified atom stereocenters. The minimum absolute atomic E-state index is 0.233. The maximum Gasteiger partial charge on any atom is 0.166 e. The van der Waals surface area contributed by atoms with Crippen molar-refractivity contribution in [3.8, 4) is 6.07 Å². The molecule has 2 heteroatoms. The second-order valence-corrected chi connectivity index (χ2v) is 7.01. The topological polar surface area (TPSA) is 40.9 Å². The summed E-state index contributed by atoms with van der Waals surface area (Å²) in [7, 11) is 0. The number of nitrogens with zero attached hydrogens (tertiary/aromatic N) is 1. The highest BCUT2D eigenvalue weighted by molar-refractivity contribution is 5.98. The van der Waals surface area contributed by atoms with Crippen molar-refractivity contribution in [2.24, 2.45) is 29.6 Å². The molecule has 0 radical (unpaired) electrons. The average molecular weight is 265 g/mol. The van der Waals surface area contributed by atoms with Crippen LogP contribution in [0.15, 0.2) is 24.3 Å². The van der Waals surface area contributed by atoms with Gasteiger partial charge in [-0.05, 0) is 67.9 Å². The third-order valence-corrected chi connectivity index (χ3v) is 5.81. The van der Waals surface area contributed by atoms with E-state index >= 15 is 0 Å². The van der Waals surface area contributed by atoms with E-state index in [2.05, 4.69) is 6.07 Å². The summed E-state index contributed by atoms with van der Waals surface area (Å²) in [6.07, 6.45) is 6.48. The number of ketones is 1. The third kappa shape index (κ3) is 1.80. The van der Waals surface area contributed by atoms with Crippen LogP contribution in [0.1, 0.15) is 48.0 Å². The van der Waals surface area contributed by atoms with E-state index < -0.39 is 0 Å². The number of carbonyl (C=O) groups excluding carboxylic acids is 1. The maximum atomic E-state index is 12.9. The van der Waals surface area contributed by atoms with Gasteiger partial charge in [0.05, 0.1) is 11.6 Å². The molecule has 4 aliphatic rings. The lowest BCUT2D eigenvalue weighted by atomic mass is 9.51. The van der Waals surface area contributed by atoms with Crippen molar-refractivity contribution < 1.29 is 4.79 Å². The number of carbonyl (C=O) groups is 1. The fraction of sp³-hybridized carbons (Fsp3) is 0.556. The highest BCUT2D eigenvalue weighted by atomic mass is 16.1. The zero-order valence-electron chi connectivity index (χ0n) is 11.6. The number of Topliss-reactive ketones (excluding diaryl/α,β-unsaturated/α-hetero) is 1. The Kier molecular flexibility index (Phi) is 2.70. The zero-order valence-corrected chi connectivity index (χ0v) is 11.6. The van der Waals surface area contributed by atoms with Gasteiger partial charge in [-0.25, -0.2) is 0 Å². The molecule has 4 bridgehead atoms. The molecule has 0 atom stereocenters. The van der Waals surface area contributed by atoms with Crippen LogP contribution in [0.25, 0.3) is 0 Å². The molecule has 0 aliphatic heterocycles. The van der Waals surface area contributed by atoms with Gasteiger partial charge in [0.2, 0.25) is 0 Å². The van der Waals surface area contributed by atoms with E-state index in [4.69, 9.17) is 5.26 Å². The summed E-state index contributed by atoms with van der Waals surface area (Å²) in [4.78, 5) is 12.9. The molecule has 0 aromatic heterocycles. The Bertz CT molecular complexity index is 570. The van der Waals surface area contributed by atoms with Crippen molar-refractivity contribution in [1.29, 1.82) is 5.26 Å². The van der Waals surface area contributed by atoms with Gasteiger partial charge in [-0.15, -0.1) is 0 Å². The molecule has 4 fully saturated rings. The SMILES string of the molecule is N#Cc1cccc(C(=O)C2C3CC4CC(C3)CC2C4)c1. The van der Waals surface area contributed by atoms with Crippen LogP contribution in [0, 0.1) is 40.9 Å². The number of rotatable bonds is 2. The lowest BCUT2D eigenvalue weighted by molar-refractivity contribution is -0.0251. The Morgan fingerprint density at radius 2 is 1.70 bits per heavy atom. The van der Waals surface area contributed by atoms with Crippen molar-refractivity contribution in [2.75, 3.05) is 0 Å². The second kappa shape index (κ2) is 4.45. The Morgan fingerprint density at radius 1 is 1.05 bits per heavy atom. The molecule has 1 aromatic rings. The minimum atomic E-state index is 0.233. The Morgan fingerprint density at radius 3 is 2.30 bits per heavy atom. The summed E-state index contributed by atoms with van der Waals surface area (Å²) < 4.78 is 0. The van der Waals surface area contributed by atoms with Crippen LogP contribution < -0.4 is 0 Å². The Labute approximate surface area is 119 Å². The van der Waals surface area contributed by atoms with Gasteiger partial charge in [0.25, 0.3) is 0 Å². The number of hydrogen-bond acceptors (Lipinski definition) is 2. The Balaban J connectivity index is 1.64. The van der Waals surface area contributed by atoms with E-state index in [0.29, 0.717) is 23.2 Å². The van der Waals surface area contributed by atoms with E-state index in [0.717, 1.165) is 17.4 Å². The van der Waals surface area contributed by atoms with E-state index in [9.17, 15) is 4.79 Å². The molecule has 4 aliphatic carbocycles. The van der Waals surface area contributed by atoms with Crippen LogP contribution in [0.3, 0.4) is 0 Å². The van der Waals surface area contributed by atoms with Crippen LogP contribution in [0.4, 0.5) is 0 Å². The molecule has 102 valence electrons. The molecule has 2 nitrogen and oxygen atoms in total. The Hall–Kier alpha value is -1.62. The van der Waals surface area contributed by atoms with Crippen LogP contribution in [-0.4, -0.2) is 5.78 Å². The van der Waals surface area contributed by atoms with Gasteiger partial charge >= 0.3 is 0 Å². The van der Waals surface area contributed by atoms with Crippen molar-refractivity contribution in [3.63, 3.8) is 0 Å². The zero-order chi connectivity index (χ0) is 13.7. The van der Waals surface area contributed by atoms with Crippen LogP contribution >= 0.6 is 0 Å². The first kappa shape index (κ1) is 12.1. The standard InChI is InChI=1S/C18H19NO/c19-10-11-2-1-3-14(5-11)18(20)17-15-6-12-4-13(8-15)9-16(17)7-12/h1-3,5,12-13,15-17H,4,6-9H2. The van der Waals surface area contributed by atoms with Gasteiger partial charge in [0, 0.05) is 11.5 Å². The van der Waals surface area contributed by atoms with Gasteiger partial charge in [-0.1, -0.05) is 12.1 Å². The first-order valence-corrected chi connectivity index (χ1v) is 7.79. The molecular formula is C18H19NO. The highest BCUT2D eigenvalue weighted by Gasteiger charge is 2.50. The van der Waals surface area contributed by atoms with Gasteiger partial charge in [-0.3, -0.25) is 4.79 Å². The molecule has 0 amide bonds. The molecule has 1 aromatic carbocycles. The van der Waals surface area contributed by atoms with Crippen LogP contribution in [0.5, 0.6) is 0 Å². The normalized spacial score (nSPS) is 37.6. The predicted octanol–water partition coefficient (Wildman–Crippen LogP) is 3.81. The van der Waals surface area contributed by atoms with Crippen LogP contribution in [0.2, 0.25) is 0 Å². The summed E-state index contributed by atoms with van der Waals surface area (Å²) in [5.41, 5.74) is 1.35. The van der Waals surface area contributed by atoms with E-state index in [1.54, 1.807) is 12.1 Å². The van der Waals surface area contributed by atoms with Crippen molar-refractivity contribution in [2.45, 2.75) is 32.1 Å². The predicted molar refractivity (Wildman–Crippen MR) is 76.0 cm³/mol. The molecule has 5 rings (SSSR count). The number of hydrogen-bond donors (Lipinski definition) is 0. The van der Waals surface area contributed by atoms with Crippen molar-refractivity contribution in [3.05, 3.63) is 35.4 Å². The van der Waals surface area contributed by atoms with E-state index in [-0.39, 0.29) is 5.92 Å². The highest BCUT2D eigenvalue weighted by Crippen LogP contribution is 2.57. The molecule has 0 N–H and O–H groups in total. The smallest absolute Gasteiger partial charge is 0.166 e. The summed E-state index contributed by atoms with van der Waals surface area (Å²) >= 11 is 0. The fourth-order valence-electron chi connectivity index (χ4n) is 5.29. The van der Waals surface area contributed by atoms with Gasteiger partial charge < -0.3 is 0 Å². The third-order valence-electron chi connectivity index (χ3n) is 5.81. The molecule has 4 saturated carbocycles. The molecule has 20 heavy (non-hydrogen) atoms. The van der Waals surface area contributed by atoms with Crippen molar-refractivity contribution in [1.82, 2.24) is 0 Å². The van der Waals surface area contributed by atoms with E-state index in [1.165, 1.54) is 32.1 Å². The van der Waals surface area contributed by atoms with Gasteiger partial charge in [0.15, 0.2) is 5.78 Å². The number of benzene rings is 1. The summed E-state index contributed by atoms with van der Waals surface area (Å²) in [6, 6.07) is 9.40. The second-order valence-electron chi connectivity index (χ2n) is 7.01. The lowest BCUT2D eigenvalue weighted by Crippen LogP contribution is -2.48. The number of nitriles is 1. The lowest BCUT2D eigenvalue weighted by Gasteiger charge is -2.53. The molecule has 0 heterocycles. The largest absolute Gasteiger partial charge is 0.294 e. The summed E-state index contributed by atoms with van der Waals surface area (Å²) in [5.74, 6) is 3.56.